The number of pyridine rings is 1. The first-order valence-corrected chi connectivity index (χ1v) is 7.62. The SMILES string of the molecule is Cc1ccc(-c2c(C(C)Br)oc(=O)c3ccccc23)cn1. The van der Waals surface area contributed by atoms with Gasteiger partial charge in [0.2, 0.25) is 0 Å². The highest BCUT2D eigenvalue weighted by Gasteiger charge is 2.18. The Bertz CT molecular complexity index is 851. The van der Waals surface area contributed by atoms with E-state index < -0.39 is 0 Å². The summed E-state index contributed by atoms with van der Waals surface area (Å²) >= 11 is 3.51. The molecular weight excluding hydrogens is 330 g/mol. The standard InChI is InChI=1S/C17H14BrNO2/c1-10-7-8-12(9-19-10)15-13-5-3-4-6-14(13)17(20)21-16(15)11(2)18/h3-9,11H,1-2H3. The third kappa shape index (κ3) is 2.51. The molecule has 0 spiro atoms. The van der Waals surface area contributed by atoms with E-state index in [-0.39, 0.29) is 10.5 Å². The zero-order valence-electron chi connectivity index (χ0n) is 11.8. The molecule has 0 fully saturated rings. The van der Waals surface area contributed by atoms with Crippen molar-refractivity contribution in [2.75, 3.05) is 0 Å². The first kappa shape index (κ1) is 14.0. The van der Waals surface area contributed by atoms with Crippen LogP contribution in [0.2, 0.25) is 0 Å². The van der Waals surface area contributed by atoms with Crippen LogP contribution < -0.4 is 5.63 Å². The Balaban J connectivity index is 2.43. The molecule has 1 unspecified atom stereocenters. The maximum Gasteiger partial charge on any atom is 0.343 e. The number of aromatic nitrogens is 1. The molecule has 0 amide bonds. The number of hydrogen-bond acceptors (Lipinski definition) is 3. The zero-order chi connectivity index (χ0) is 15.0. The lowest BCUT2D eigenvalue weighted by atomic mass is 9.98. The van der Waals surface area contributed by atoms with Gasteiger partial charge in [0.25, 0.3) is 0 Å². The number of fused-ring (bicyclic) bond motifs is 1. The Morgan fingerprint density at radius 3 is 2.48 bits per heavy atom. The third-order valence-electron chi connectivity index (χ3n) is 3.43. The second-order valence-electron chi connectivity index (χ2n) is 4.98. The van der Waals surface area contributed by atoms with Crippen LogP contribution in [-0.4, -0.2) is 4.98 Å². The van der Waals surface area contributed by atoms with E-state index in [0.717, 1.165) is 22.2 Å². The van der Waals surface area contributed by atoms with Gasteiger partial charge in [-0.25, -0.2) is 4.79 Å². The van der Waals surface area contributed by atoms with E-state index in [9.17, 15) is 4.79 Å². The second kappa shape index (κ2) is 5.45. The van der Waals surface area contributed by atoms with E-state index >= 15 is 0 Å². The van der Waals surface area contributed by atoms with Crippen LogP contribution in [-0.2, 0) is 0 Å². The third-order valence-corrected chi connectivity index (χ3v) is 3.84. The second-order valence-corrected chi connectivity index (χ2v) is 6.35. The first-order chi connectivity index (χ1) is 10.1. The highest BCUT2D eigenvalue weighted by Crippen LogP contribution is 2.36. The molecule has 0 aliphatic rings. The molecule has 3 nitrogen and oxygen atoms in total. The van der Waals surface area contributed by atoms with Crippen molar-refractivity contribution in [3.63, 3.8) is 0 Å². The van der Waals surface area contributed by atoms with Gasteiger partial charge in [0.1, 0.15) is 5.76 Å². The van der Waals surface area contributed by atoms with E-state index in [2.05, 4.69) is 20.9 Å². The smallest absolute Gasteiger partial charge is 0.343 e. The fourth-order valence-corrected chi connectivity index (χ4v) is 2.73. The minimum Gasteiger partial charge on any atom is -0.426 e. The molecule has 4 heteroatoms. The summed E-state index contributed by atoms with van der Waals surface area (Å²) in [5, 5.41) is 1.48. The molecule has 0 aliphatic heterocycles. The van der Waals surface area contributed by atoms with Crippen LogP contribution in [0.5, 0.6) is 0 Å². The Morgan fingerprint density at radius 2 is 1.86 bits per heavy atom. The van der Waals surface area contributed by atoms with Gasteiger partial charge in [-0.2, -0.15) is 0 Å². The van der Waals surface area contributed by atoms with E-state index in [0.29, 0.717) is 11.1 Å². The minimum atomic E-state index is -0.310. The Hall–Kier alpha value is -1.94. The molecule has 2 aromatic heterocycles. The molecule has 3 aromatic rings. The first-order valence-electron chi connectivity index (χ1n) is 6.71. The van der Waals surface area contributed by atoms with Crippen LogP contribution in [0.15, 0.2) is 51.8 Å². The monoisotopic (exact) mass is 343 g/mol. The number of alkyl halides is 1. The normalized spacial score (nSPS) is 12.5. The zero-order valence-corrected chi connectivity index (χ0v) is 13.3. The summed E-state index contributed by atoms with van der Waals surface area (Å²) in [5.41, 5.74) is 2.51. The number of halogens is 1. The fraction of sp³-hybridized carbons (Fsp3) is 0.176. The van der Waals surface area contributed by atoms with Gasteiger partial charge < -0.3 is 4.42 Å². The molecule has 0 bridgehead atoms. The summed E-state index contributed by atoms with van der Waals surface area (Å²) < 4.78 is 5.54. The molecule has 21 heavy (non-hydrogen) atoms. The predicted molar refractivity (Wildman–Crippen MR) is 87.8 cm³/mol. The van der Waals surface area contributed by atoms with Crippen molar-refractivity contribution >= 4 is 26.7 Å². The molecule has 0 saturated carbocycles. The van der Waals surface area contributed by atoms with Crippen molar-refractivity contribution in [1.29, 1.82) is 0 Å². The average molecular weight is 344 g/mol. The summed E-state index contributed by atoms with van der Waals surface area (Å²) in [6, 6.07) is 11.5. The van der Waals surface area contributed by atoms with Crippen molar-refractivity contribution in [3.8, 4) is 11.1 Å². The highest BCUT2D eigenvalue weighted by atomic mass is 79.9. The summed E-state index contributed by atoms with van der Waals surface area (Å²) in [5.74, 6) is 0.629. The number of benzene rings is 1. The molecule has 2 heterocycles. The summed E-state index contributed by atoms with van der Waals surface area (Å²) in [4.78, 5) is 16.4. The lowest BCUT2D eigenvalue weighted by Crippen LogP contribution is -2.05. The van der Waals surface area contributed by atoms with Crippen molar-refractivity contribution in [1.82, 2.24) is 4.98 Å². The van der Waals surface area contributed by atoms with Crippen LogP contribution in [0.3, 0.4) is 0 Å². The van der Waals surface area contributed by atoms with Gasteiger partial charge in [0.05, 0.1) is 10.2 Å². The van der Waals surface area contributed by atoms with Crippen LogP contribution in [0, 0.1) is 6.92 Å². The van der Waals surface area contributed by atoms with E-state index in [4.69, 9.17) is 4.42 Å². The van der Waals surface area contributed by atoms with E-state index in [1.165, 1.54) is 0 Å². The van der Waals surface area contributed by atoms with Gasteiger partial charge in [-0.3, -0.25) is 4.98 Å². The molecule has 0 radical (unpaired) electrons. The average Bonchev–Trinajstić information content (AvgIpc) is 2.48. The molecule has 0 saturated heterocycles. The maximum atomic E-state index is 12.1. The molecule has 0 N–H and O–H groups in total. The van der Waals surface area contributed by atoms with E-state index in [1.807, 2.05) is 50.4 Å². The predicted octanol–water partition coefficient (Wildman–Crippen LogP) is 4.62. The Kier molecular flexibility index (Phi) is 3.64. The largest absolute Gasteiger partial charge is 0.426 e. The molecule has 3 rings (SSSR count). The molecule has 1 atom stereocenters. The highest BCUT2D eigenvalue weighted by molar-refractivity contribution is 9.09. The van der Waals surface area contributed by atoms with Gasteiger partial charge in [0.15, 0.2) is 0 Å². The van der Waals surface area contributed by atoms with E-state index in [1.54, 1.807) is 6.07 Å². The lowest BCUT2D eigenvalue weighted by molar-refractivity contribution is 0.473. The van der Waals surface area contributed by atoms with Gasteiger partial charge in [-0.05, 0) is 26.0 Å². The van der Waals surface area contributed by atoms with Crippen LogP contribution in [0.1, 0.15) is 23.2 Å². The maximum absolute atomic E-state index is 12.1. The summed E-state index contributed by atoms with van der Waals surface area (Å²) in [7, 11) is 0. The molecule has 106 valence electrons. The Labute approximate surface area is 130 Å². The number of aryl methyl sites for hydroxylation is 1. The molecular formula is C17H14BrNO2. The fourth-order valence-electron chi connectivity index (χ4n) is 2.41. The van der Waals surface area contributed by atoms with Gasteiger partial charge in [-0.15, -0.1) is 0 Å². The topological polar surface area (TPSA) is 43.1 Å². The van der Waals surface area contributed by atoms with Crippen LogP contribution in [0.25, 0.3) is 21.9 Å². The molecule has 1 aromatic carbocycles. The Morgan fingerprint density at radius 1 is 1.14 bits per heavy atom. The quantitative estimate of drug-likeness (QED) is 0.637. The van der Waals surface area contributed by atoms with Crippen molar-refractivity contribution in [2.45, 2.75) is 18.7 Å². The minimum absolute atomic E-state index is 0.0638. The van der Waals surface area contributed by atoms with Crippen molar-refractivity contribution in [2.24, 2.45) is 0 Å². The number of nitrogens with zero attached hydrogens (tertiary/aromatic N) is 1. The van der Waals surface area contributed by atoms with Crippen LogP contribution in [0.4, 0.5) is 0 Å². The molecule has 0 aliphatic carbocycles. The number of rotatable bonds is 2. The van der Waals surface area contributed by atoms with Crippen molar-refractivity contribution < 1.29 is 4.42 Å². The lowest BCUT2D eigenvalue weighted by Gasteiger charge is -2.13. The van der Waals surface area contributed by atoms with Gasteiger partial charge >= 0.3 is 5.63 Å². The van der Waals surface area contributed by atoms with Crippen molar-refractivity contribution in [3.05, 3.63) is 64.5 Å². The summed E-state index contributed by atoms with van der Waals surface area (Å²) in [6.45, 7) is 3.89. The summed E-state index contributed by atoms with van der Waals surface area (Å²) in [6.07, 6.45) is 1.82. The number of hydrogen-bond donors (Lipinski definition) is 0. The van der Waals surface area contributed by atoms with Crippen LogP contribution >= 0.6 is 15.9 Å². The van der Waals surface area contributed by atoms with Gasteiger partial charge in [0, 0.05) is 28.4 Å². The van der Waals surface area contributed by atoms with Gasteiger partial charge in [-0.1, -0.05) is 40.2 Å².